The second-order valence-electron chi connectivity index (χ2n) is 6.85. The number of carbonyl (C=O) groups is 1. The number of carbonyl (C=O) groups excluding carboxylic acids is 1. The van der Waals surface area contributed by atoms with Gasteiger partial charge < -0.3 is 30.2 Å². The van der Waals surface area contributed by atoms with Gasteiger partial charge in [0.25, 0.3) is 10.9 Å². The number of methoxy groups -OCH3 is 1. The van der Waals surface area contributed by atoms with Crippen LogP contribution in [0.4, 0.5) is 11.4 Å². The minimum Gasteiger partial charge on any atom is -0.382 e. The van der Waals surface area contributed by atoms with Gasteiger partial charge in [0.05, 0.1) is 32.2 Å². The van der Waals surface area contributed by atoms with Gasteiger partial charge in [-0.1, -0.05) is 6.92 Å². The van der Waals surface area contributed by atoms with Crippen molar-refractivity contribution < 1.29 is 19.0 Å². The lowest BCUT2D eigenvalue weighted by atomic mass is 10.2. The van der Waals surface area contributed by atoms with E-state index in [9.17, 15) is 14.4 Å². The van der Waals surface area contributed by atoms with Crippen molar-refractivity contribution in [3.63, 3.8) is 0 Å². The van der Waals surface area contributed by atoms with Crippen molar-refractivity contribution in [2.45, 2.75) is 19.8 Å². The van der Waals surface area contributed by atoms with Crippen LogP contribution in [0, 0.1) is 0 Å². The fourth-order valence-corrected chi connectivity index (χ4v) is 4.05. The molecule has 9 nitrogen and oxygen atoms in total. The second-order valence-corrected chi connectivity index (χ2v) is 9.18. The van der Waals surface area contributed by atoms with Gasteiger partial charge in [0, 0.05) is 39.1 Å². The number of anilines is 2. The van der Waals surface area contributed by atoms with E-state index in [0.717, 1.165) is 30.1 Å². The molecular formula is C21H37N3O6S2. The molecule has 3 N–H and O–H groups in total. The van der Waals surface area contributed by atoms with Crippen LogP contribution in [-0.4, -0.2) is 88.7 Å². The van der Waals surface area contributed by atoms with E-state index in [4.69, 9.17) is 14.2 Å². The first-order valence-electron chi connectivity index (χ1n) is 11.0. The lowest BCUT2D eigenvalue weighted by molar-refractivity contribution is -0.118. The highest BCUT2D eigenvalue weighted by atomic mass is 32.2. The zero-order valence-electron chi connectivity index (χ0n) is 19.2. The molecule has 0 aromatic heterocycles. The summed E-state index contributed by atoms with van der Waals surface area (Å²) in [4.78, 5) is 35.2. The van der Waals surface area contributed by atoms with Crippen LogP contribution in [0.25, 0.3) is 0 Å². The molecule has 0 atom stereocenters. The molecule has 11 heteroatoms. The van der Waals surface area contributed by atoms with E-state index in [-0.39, 0.29) is 5.91 Å². The largest absolute Gasteiger partial charge is 0.382 e. The quantitative estimate of drug-likeness (QED) is 0.161. The van der Waals surface area contributed by atoms with Crippen molar-refractivity contribution in [3.8, 4) is 0 Å². The average Bonchev–Trinajstić information content (AvgIpc) is 2.80. The van der Waals surface area contributed by atoms with E-state index in [2.05, 4.69) is 22.9 Å². The Hall–Kier alpha value is -1.27. The first kappa shape index (κ1) is 28.8. The highest BCUT2D eigenvalue weighted by molar-refractivity contribution is 8.00. The Bertz CT molecular complexity index is 697. The number of ether oxygens (including phenoxy) is 3. The van der Waals surface area contributed by atoms with Crippen LogP contribution in [0.3, 0.4) is 0 Å². The Kier molecular flexibility index (Phi) is 17.3. The molecule has 0 bridgehead atoms. The SMILES string of the molecule is CCCSCC(=O)NCCNc1c(NCCSCCCOCCOCCOC)c(=O)c1=O. The highest BCUT2D eigenvalue weighted by Crippen LogP contribution is 2.14. The van der Waals surface area contributed by atoms with Crippen LogP contribution in [0.1, 0.15) is 19.8 Å². The molecule has 1 aromatic rings. The molecule has 1 amide bonds. The number of nitrogens with one attached hydrogen (secondary N) is 3. The van der Waals surface area contributed by atoms with E-state index in [1.165, 1.54) is 0 Å². The summed E-state index contributed by atoms with van der Waals surface area (Å²) in [6, 6.07) is 0. The zero-order chi connectivity index (χ0) is 23.4. The fourth-order valence-electron chi connectivity index (χ4n) is 2.56. The maximum Gasteiger partial charge on any atom is 0.253 e. The molecule has 32 heavy (non-hydrogen) atoms. The van der Waals surface area contributed by atoms with Crippen molar-refractivity contribution in [2.75, 3.05) is 93.4 Å². The standard InChI is InChI=1S/C21H37N3O6S2/c1-3-13-32-16-17(25)22-5-6-23-18-19(21(27)20(18)26)24-7-15-31-14-4-8-29-11-12-30-10-9-28-2/h23-24H,3-16H2,1-2H3,(H,22,25). The van der Waals surface area contributed by atoms with E-state index >= 15 is 0 Å². The smallest absolute Gasteiger partial charge is 0.253 e. The monoisotopic (exact) mass is 491 g/mol. The Morgan fingerprint density at radius 3 is 2.16 bits per heavy atom. The summed E-state index contributed by atoms with van der Waals surface area (Å²) in [5.74, 6) is 3.16. The molecule has 0 aliphatic rings. The van der Waals surface area contributed by atoms with Gasteiger partial charge in [-0.3, -0.25) is 14.4 Å². The molecule has 184 valence electrons. The zero-order valence-corrected chi connectivity index (χ0v) is 20.8. The lowest BCUT2D eigenvalue weighted by Gasteiger charge is -2.15. The first-order chi connectivity index (χ1) is 15.6. The van der Waals surface area contributed by atoms with Gasteiger partial charge >= 0.3 is 0 Å². The molecule has 0 aliphatic heterocycles. The Labute approximate surface area is 198 Å². The normalized spacial score (nSPS) is 11.1. The molecule has 1 rings (SSSR count). The van der Waals surface area contributed by atoms with E-state index in [1.807, 2.05) is 0 Å². The summed E-state index contributed by atoms with van der Waals surface area (Å²) < 4.78 is 15.7. The van der Waals surface area contributed by atoms with Crippen LogP contribution in [0.2, 0.25) is 0 Å². The van der Waals surface area contributed by atoms with Gasteiger partial charge in [-0.15, -0.1) is 0 Å². The van der Waals surface area contributed by atoms with E-state index in [0.29, 0.717) is 69.8 Å². The Morgan fingerprint density at radius 1 is 0.812 bits per heavy atom. The molecule has 0 heterocycles. The van der Waals surface area contributed by atoms with Crippen molar-refractivity contribution in [1.82, 2.24) is 5.32 Å². The maximum atomic E-state index is 11.8. The maximum absolute atomic E-state index is 11.8. The Morgan fingerprint density at radius 2 is 1.47 bits per heavy atom. The van der Waals surface area contributed by atoms with E-state index < -0.39 is 10.9 Å². The number of thioether (sulfide) groups is 2. The summed E-state index contributed by atoms with van der Waals surface area (Å²) >= 11 is 3.36. The summed E-state index contributed by atoms with van der Waals surface area (Å²) in [5.41, 5.74) is -0.333. The number of hydrogen-bond donors (Lipinski definition) is 3. The van der Waals surface area contributed by atoms with Gasteiger partial charge in [0.2, 0.25) is 5.91 Å². The third-order valence-electron chi connectivity index (χ3n) is 4.17. The molecule has 0 unspecified atom stereocenters. The van der Waals surface area contributed by atoms with Crippen molar-refractivity contribution >= 4 is 40.8 Å². The molecule has 0 fully saturated rings. The molecule has 0 spiro atoms. The van der Waals surface area contributed by atoms with Crippen molar-refractivity contribution in [1.29, 1.82) is 0 Å². The predicted octanol–water partition coefficient (Wildman–Crippen LogP) is 1.17. The van der Waals surface area contributed by atoms with Gasteiger partial charge in [-0.05, 0) is 24.3 Å². The molecule has 0 radical (unpaired) electrons. The fraction of sp³-hybridized carbons (Fsp3) is 0.762. The Balaban J connectivity index is 2.05. The van der Waals surface area contributed by atoms with Gasteiger partial charge in [0.1, 0.15) is 11.4 Å². The lowest BCUT2D eigenvalue weighted by Crippen LogP contribution is -2.39. The van der Waals surface area contributed by atoms with Crippen molar-refractivity contribution in [3.05, 3.63) is 20.4 Å². The molecule has 1 aromatic carbocycles. The minimum atomic E-state index is -0.506. The average molecular weight is 492 g/mol. The summed E-state index contributed by atoms with van der Waals surface area (Å²) in [7, 11) is 1.64. The number of amides is 1. The molecule has 0 saturated carbocycles. The van der Waals surface area contributed by atoms with Crippen LogP contribution in [0.15, 0.2) is 9.59 Å². The first-order valence-corrected chi connectivity index (χ1v) is 13.3. The third kappa shape index (κ3) is 12.7. The second kappa shape index (κ2) is 19.2. The molecule has 0 aliphatic carbocycles. The van der Waals surface area contributed by atoms with Crippen LogP contribution in [0.5, 0.6) is 0 Å². The topological polar surface area (TPSA) is 115 Å². The van der Waals surface area contributed by atoms with Gasteiger partial charge in [0.15, 0.2) is 0 Å². The van der Waals surface area contributed by atoms with Gasteiger partial charge in [-0.2, -0.15) is 23.5 Å². The third-order valence-corrected chi connectivity index (χ3v) is 6.40. The number of rotatable bonds is 22. The van der Waals surface area contributed by atoms with Crippen LogP contribution in [-0.2, 0) is 19.0 Å². The minimum absolute atomic E-state index is 0.0218. The van der Waals surface area contributed by atoms with Gasteiger partial charge in [-0.25, -0.2) is 0 Å². The van der Waals surface area contributed by atoms with Crippen molar-refractivity contribution in [2.24, 2.45) is 0 Å². The number of hydrogen-bond acceptors (Lipinski definition) is 10. The summed E-state index contributed by atoms with van der Waals surface area (Å²) in [6.45, 7) is 6.49. The van der Waals surface area contributed by atoms with E-state index in [1.54, 1.807) is 30.6 Å². The van der Waals surface area contributed by atoms with Crippen LogP contribution >= 0.6 is 23.5 Å². The molecular weight excluding hydrogens is 454 g/mol. The predicted molar refractivity (Wildman–Crippen MR) is 134 cm³/mol. The molecule has 0 saturated heterocycles. The summed E-state index contributed by atoms with van der Waals surface area (Å²) in [5, 5.41) is 8.79. The summed E-state index contributed by atoms with van der Waals surface area (Å²) in [6.07, 6.45) is 1.98. The highest BCUT2D eigenvalue weighted by Gasteiger charge is 2.19. The van der Waals surface area contributed by atoms with Crippen LogP contribution < -0.4 is 26.8 Å².